The molecule has 0 aliphatic heterocycles. The molecule has 0 rings (SSSR count). The van der Waals surface area contributed by atoms with Gasteiger partial charge in [-0.2, -0.15) is 13.2 Å². The summed E-state index contributed by atoms with van der Waals surface area (Å²) in [5.41, 5.74) is 0. The molecule has 0 saturated heterocycles. The van der Waals surface area contributed by atoms with E-state index in [-0.39, 0.29) is 6.54 Å². The quantitative estimate of drug-likeness (QED) is 0.651. The van der Waals surface area contributed by atoms with Gasteiger partial charge in [-0.15, -0.1) is 6.42 Å². The lowest BCUT2D eigenvalue weighted by atomic mass is 10.3. The van der Waals surface area contributed by atoms with E-state index in [0.29, 0.717) is 0 Å². The molecule has 0 radical (unpaired) electrons. The molecule has 80 valence electrons. The highest BCUT2D eigenvalue weighted by atomic mass is 19.4. The van der Waals surface area contributed by atoms with Crippen molar-refractivity contribution in [3.05, 3.63) is 0 Å². The number of amides is 1. The zero-order chi connectivity index (χ0) is 11.2. The lowest BCUT2D eigenvalue weighted by Gasteiger charge is -2.14. The molecule has 3 nitrogen and oxygen atoms in total. The number of carbonyl (C=O) groups excluding carboxylic acids is 1. The van der Waals surface area contributed by atoms with Gasteiger partial charge in [-0.25, -0.2) is 0 Å². The molecule has 1 atom stereocenters. The van der Waals surface area contributed by atoms with E-state index in [1.807, 2.05) is 5.32 Å². The van der Waals surface area contributed by atoms with Crippen LogP contribution < -0.4 is 10.6 Å². The molecule has 1 unspecified atom stereocenters. The van der Waals surface area contributed by atoms with Crippen molar-refractivity contribution in [3.63, 3.8) is 0 Å². The summed E-state index contributed by atoms with van der Waals surface area (Å²) in [4.78, 5) is 11.0. The fraction of sp³-hybridized carbons (Fsp3) is 0.625. The van der Waals surface area contributed by atoms with Crippen molar-refractivity contribution >= 4 is 5.91 Å². The van der Waals surface area contributed by atoms with Crippen LogP contribution in [0.1, 0.15) is 6.92 Å². The Hall–Kier alpha value is -1.22. The van der Waals surface area contributed by atoms with E-state index in [0.717, 1.165) is 0 Å². The van der Waals surface area contributed by atoms with Gasteiger partial charge in [0.05, 0.1) is 19.1 Å². The van der Waals surface area contributed by atoms with Gasteiger partial charge in [-0.3, -0.25) is 10.1 Å². The molecule has 0 fully saturated rings. The highest BCUT2D eigenvalue weighted by Crippen LogP contribution is 2.12. The molecule has 0 spiro atoms. The van der Waals surface area contributed by atoms with Crippen LogP contribution in [-0.4, -0.2) is 31.2 Å². The minimum absolute atomic E-state index is 0.0108. The Labute approximate surface area is 80.1 Å². The number of rotatable bonds is 4. The molecule has 1 amide bonds. The molecule has 0 aliphatic rings. The first-order chi connectivity index (χ1) is 6.37. The number of hydrogen-bond donors (Lipinski definition) is 2. The van der Waals surface area contributed by atoms with Crippen LogP contribution in [0.25, 0.3) is 0 Å². The Kier molecular flexibility index (Phi) is 5.02. The molecular weight excluding hydrogens is 197 g/mol. The summed E-state index contributed by atoms with van der Waals surface area (Å²) in [6.07, 6.45) is 0.536. The molecule has 0 aromatic heterocycles. The molecule has 0 bridgehead atoms. The third kappa shape index (κ3) is 6.31. The topological polar surface area (TPSA) is 41.1 Å². The predicted molar refractivity (Wildman–Crippen MR) is 45.4 cm³/mol. The SMILES string of the molecule is C#CCNC(=O)C(C)NCC(F)(F)F. The number of carbonyl (C=O) groups is 1. The normalized spacial score (nSPS) is 13.1. The Morgan fingerprint density at radius 1 is 1.57 bits per heavy atom. The van der Waals surface area contributed by atoms with Gasteiger partial charge in [0.1, 0.15) is 0 Å². The molecule has 0 heterocycles. The molecule has 0 aliphatic carbocycles. The van der Waals surface area contributed by atoms with Crippen LogP contribution in [0.5, 0.6) is 0 Å². The zero-order valence-electron chi connectivity index (χ0n) is 7.61. The van der Waals surface area contributed by atoms with E-state index in [1.165, 1.54) is 6.92 Å². The molecule has 0 aromatic carbocycles. The average molecular weight is 208 g/mol. The van der Waals surface area contributed by atoms with E-state index in [9.17, 15) is 18.0 Å². The minimum atomic E-state index is -4.32. The minimum Gasteiger partial charge on any atom is -0.344 e. The third-order valence-corrected chi connectivity index (χ3v) is 1.37. The summed E-state index contributed by atoms with van der Waals surface area (Å²) >= 11 is 0. The largest absolute Gasteiger partial charge is 0.401 e. The van der Waals surface area contributed by atoms with Gasteiger partial charge in [-0.05, 0) is 6.92 Å². The molecule has 2 N–H and O–H groups in total. The van der Waals surface area contributed by atoms with Crippen molar-refractivity contribution in [1.82, 2.24) is 10.6 Å². The second-order valence-electron chi connectivity index (χ2n) is 2.64. The third-order valence-electron chi connectivity index (χ3n) is 1.37. The van der Waals surface area contributed by atoms with E-state index >= 15 is 0 Å². The summed E-state index contributed by atoms with van der Waals surface area (Å²) in [6.45, 7) is 0.145. The van der Waals surface area contributed by atoms with Gasteiger partial charge in [0.2, 0.25) is 5.91 Å². The van der Waals surface area contributed by atoms with Crippen LogP contribution in [0, 0.1) is 12.3 Å². The van der Waals surface area contributed by atoms with E-state index < -0.39 is 24.7 Å². The number of nitrogens with one attached hydrogen (secondary N) is 2. The first-order valence-corrected chi connectivity index (χ1v) is 3.88. The summed E-state index contributed by atoms with van der Waals surface area (Å²) in [5.74, 6) is 1.59. The van der Waals surface area contributed by atoms with Crippen molar-refractivity contribution in [2.24, 2.45) is 0 Å². The van der Waals surface area contributed by atoms with Gasteiger partial charge in [0, 0.05) is 0 Å². The summed E-state index contributed by atoms with van der Waals surface area (Å²) < 4.78 is 35.1. The number of hydrogen-bond acceptors (Lipinski definition) is 2. The van der Waals surface area contributed by atoms with Crippen LogP contribution in [0.15, 0.2) is 0 Å². The van der Waals surface area contributed by atoms with Crippen molar-refractivity contribution in [1.29, 1.82) is 0 Å². The monoisotopic (exact) mass is 208 g/mol. The van der Waals surface area contributed by atoms with Gasteiger partial charge in [-0.1, -0.05) is 5.92 Å². The summed E-state index contributed by atoms with van der Waals surface area (Å²) in [7, 11) is 0. The van der Waals surface area contributed by atoms with E-state index in [2.05, 4.69) is 11.2 Å². The highest BCUT2D eigenvalue weighted by molar-refractivity contribution is 5.81. The number of alkyl halides is 3. The van der Waals surface area contributed by atoms with Crippen LogP contribution in [0.4, 0.5) is 13.2 Å². The highest BCUT2D eigenvalue weighted by Gasteiger charge is 2.28. The smallest absolute Gasteiger partial charge is 0.344 e. The second-order valence-corrected chi connectivity index (χ2v) is 2.64. The maximum atomic E-state index is 11.7. The Balaban J connectivity index is 3.80. The Morgan fingerprint density at radius 3 is 2.57 bits per heavy atom. The lowest BCUT2D eigenvalue weighted by molar-refractivity contribution is -0.131. The molecule has 6 heteroatoms. The van der Waals surface area contributed by atoms with Crippen LogP contribution >= 0.6 is 0 Å². The first-order valence-electron chi connectivity index (χ1n) is 3.88. The lowest BCUT2D eigenvalue weighted by Crippen LogP contribution is -2.45. The van der Waals surface area contributed by atoms with Gasteiger partial charge < -0.3 is 5.32 Å². The van der Waals surface area contributed by atoms with E-state index in [4.69, 9.17) is 6.42 Å². The molecule has 0 saturated carbocycles. The van der Waals surface area contributed by atoms with Crippen LogP contribution in [-0.2, 0) is 4.79 Å². The van der Waals surface area contributed by atoms with Crippen molar-refractivity contribution < 1.29 is 18.0 Å². The Morgan fingerprint density at radius 2 is 2.14 bits per heavy atom. The fourth-order valence-corrected chi connectivity index (χ4v) is 0.653. The van der Waals surface area contributed by atoms with Crippen LogP contribution in [0.3, 0.4) is 0 Å². The molecule has 0 aromatic rings. The van der Waals surface area contributed by atoms with Crippen molar-refractivity contribution in [2.45, 2.75) is 19.1 Å². The Bertz CT molecular complexity index is 232. The number of halogens is 3. The fourth-order valence-electron chi connectivity index (χ4n) is 0.653. The molecular formula is C8H11F3N2O. The summed E-state index contributed by atoms with van der Waals surface area (Å²) in [6, 6.07) is -0.912. The van der Waals surface area contributed by atoms with Gasteiger partial charge in [0.15, 0.2) is 0 Å². The van der Waals surface area contributed by atoms with E-state index in [1.54, 1.807) is 0 Å². The van der Waals surface area contributed by atoms with Crippen molar-refractivity contribution in [2.75, 3.05) is 13.1 Å². The van der Waals surface area contributed by atoms with Crippen LogP contribution in [0.2, 0.25) is 0 Å². The standard InChI is InChI=1S/C8H11F3N2O/c1-3-4-12-7(14)6(2)13-5-8(9,10)11/h1,6,13H,4-5H2,2H3,(H,12,14). The zero-order valence-corrected chi connectivity index (χ0v) is 7.61. The summed E-state index contributed by atoms with van der Waals surface area (Å²) in [5, 5.41) is 4.29. The van der Waals surface area contributed by atoms with Crippen molar-refractivity contribution in [3.8, 4) is 12.3 Å². The molecule has 14 heavy (non-hydrogen) atoms. The van der Waals surface area contributed by atoms with Gasteiger partial charge in [0.25, 0.3) is 0 Å². The maximum absolute atomic E-state index is 11.7. The first kappa shape index (κ1) is 12.8. The maximum Gasteiger partial charge on any atom is 0.401 e. The van der Waals surface area contributed by atoms with Gasteiger partial charge >= 0.3 is 6.18 Å². The predicted octanol–water partition coefficient (Wildman–Crippen LogP) is 0.276. The second kappa shape index (κ2) is 5.50. The average Bonchev–Trinajstić information content (AvgIpc) is 2.09. The number of terminal acetylenes is 1.